The van der Waals surface area contributed by atoms with Gasteiger partial charge >= 0.3 is 0 Å². The molecule has 0 saturated heterocycles. The van der Waals surface area contributed by atoms with Crippen LogP contribution >= 0.6 is 0 Å². The Hall–Kier alpha value is -1.22. The highest BCUT2D eigenvalue weighted by atomic mass is 16.5. The van der Waals surface area contributed by atoms with Gasteiger partial charge in [-0.05, 0) is 44.4 Å². The largest absolute Gasteiger partial charge is 0.496 e. The third-order valence-corrected chi connectivity index (χ3v) is 3.87. The lowest BCUT2D eigenvalue weighted by atomic mass is 9.96. The summed E-state index contributed by atoms with van der Waals surface area (Å²) < 4.78 is 11.1. The minimum absolute atomic E-state index is 0.391. The van der Waals surface area contributed by atoms with Crippen molar-refractivity contribution in [1.29, 1.82) is 0 Å². The van der Waals surface area contributed by atoms with Gasteiger partial charge in [0, 0.05) is 17.2 Å². The summed E-state index contributed by atoms with van der Waals surface area (Å²) in [5, 5.41) is 3.66. The number of hydrogen-bond acceptors (Lipinski definition) is 3. The zero-order chi connectivity index (χ0) is 13.7. The van der Waals surface area contributed by atoms with Gasteiger partial charge in [0.1, 0.15) is 11.5 Å². The van der Waals surface area contributed by atoms with Crippen LogP contribution in [0, 0.1) is 0 Å². The van der Waals surface area contributed by atoms with E-state index >= 15 is 0 Å². The molecular formula is C16H25NO2. The van der Waals surface area contributed by atoms with Crippen LogP contribution in [-0.4, -0.2) is 20.8 Å². The molecule has 0 radical (unpaired) electrons. The second kappa shape index (κ2) is 6.80. The van der Waals surface area contributed by atoms with Gasteiger partial charge < -0.3 is 14.8 Å². The molecule has 1 aromatic carbocycles. The lowest BCUT2D eigenvalue weighted by molar-refractivity contribution is 0.384. The minimum atomic E-state index is 0.391. The summed E-state index contributed by atoms with van der Waals surface area (Å²) in [6, 6.07) is 4.45. The second-order valence-electron chi connectivity index (χ2n) is 5.11. The van der Waals surface area contributed by atoms with Crippen LogP contribution in [0.4, 0.5) is 0 Å². The Morgan fingerprint density at radius 3 is 2.58 bits per heavy atom. The van der Waals surface area contributed by atoms with E-state index in [0.29, 0.717) is 6.04 Å². The Labute approximate surface area is 116 Å². The molecule has 0 amide bonds. The van der Waals surface area contributed by atoms with Crippen molar-refractivity contribution in [3.63, 3.8) is 0 Å². The molecule has 1 atom stereocenters. The van der Waals surface area contributed by atoms with Gasteiger partial charge in [-0.1, -0.05) is 13.3 Å². The molecule has 1 aliphatic carbocycles. The molecule has 1 N–H and O–H groups in total. The summed E-state index contributed by atoms with van der Waals surface area (Å²) >= 11 is 0. The number of fused-ring (bicyclic) bond motifs is 1. The molecule has 1 aliphatic rings. The van der Waals surface area contributed by atoms with Crippen LogP contribution in [0.25, 0.3) is 0 Å². The standard InChI is InChI=1S/C16H25NO2/c1-4-11-17-13-8-6-5-7-12-14(18-2)9-10-15(19-3)16(12)13/h9-10,13,17H,4-8,11H2,1-3H3. The van der Waals surface area contributed by atoms with Crippen LogP contribution < -0.4 is 14.8 Å². The van der Waals surface area contributed by atoms with Crippen LogP contribution in [-0.2, 0) is 6.42 Å². The Kier molecular flexibility index (Phi) is 5.08. The maximum Gasteiger partial charge on any atom is 0.124 e. The van der Waals surface area contributed by atoms with E-state index in [9.17, 15) is 0 Å². The summed E-state index contributed by atoms with van der Waals surface area (Å²) in [4.78, 5) is 0. The molecule has 3 heteroatoms. The first-order valence-electron chi connectivity index (χ1n) is 7.29. The highest BCUT2D eigenvalue weighted by Crippen LogP contribution is 2.40. The van der Waals surface area contributed by atoms with E-state index in [1.807, 2.05) is 12.1 Å². The van der Waals surface area contributed by atoms with E-state index in [1.165, 1.54) is 30.4 Å². The highest BCUT2D eigenvalue weighted by Gasteiger charge is 2.24. The van der Waals surface area contributed by atoms with Crippen molar-refractivity contribution in [1.82, 2.24) is 5.32 Å². The number of rotatable bonds is 5. The Morgan fingerprint density at radius 2 is 1.89 bits per heavy atom. The van der Waals surface area contributed by atoms with Crippen molar-refractivity contribution in [2.24, 2.45) is 0 Å². The Balaban J connectivity index is 2.43. The molecule has 0 bridgehead atoms. The van der Waals surface area contributed by atoms with E-state index < -0.39 is 0 Å². The number of methoxy groups -OCH3 is 2. The molecule has 0 heterocycles. The van der Waals surface area contributed by atoms with Crippen molar-refractivity contribution in [2.75, 3.05) is 20.8 Å². The normalized spacial score (nSPS) is 18.6. The van der Waals surface area contributed by atoms with Crippen LogP contribution in [0.3, 0.4) is 0 Å². The van der Waals surface area contributed by atoms with Gasteiger partial charge in [0.2, 0.25) is 0 Å². The molecule has 0 saturated carbocycles. The van der Waals surface area contributed by atoms with E-state index in [1.54, 1.807) is 14.2 Å². The number of hydrogen-bond donors (Lipinski definition) is 1. The van der Waals surface area contributed by atoms with Crippen molar-refractivity contribution in [3.8, 4) is 11.5 Å². The van der Waals surface area contributed by atoms with Crippen LogP contribution in [0.1, 0.15) is 49.8 Å². The lowest BCUT2D eigenvalue weighted by Gasteiger charge is -2.23. The van der Waals surface area contributed by atoms with Crippen molar-refractivity contribution >= 4 is 0 Å². The molecule has 1 aromatic rings. The van der Waals surface area contributed by atoms with Crippen molar-refractivity contribution in [2.45, 2.75) is 45.1 Å². The van der Waals surface area contributed by atoms with Crippen LogP contribution in [0.5, 0.6) is 11.5 Å². The predicted molar refractivity (Wildman–Crippen MR) is 78.1 cm³/mol. The molecule has 0 spiro atoms. The second-order valence-corrected chi connectivity index (χ2v) is 5.11. The SMILES string of the molecule is CCCNC1CCCCc2c(OC)ccc(OC)c21. The summed E-state index contributed by atoms with van der Waals surface area (Å²) in [5.41, 5.74) is 2.64. The third-order valence-electron chi connectivity index (χ3n) is 3.87. The van der Waals surface area contributed by atoms with Gasteiger partial charge in [-0.3, -0.25) is 0 Å². The van der Waals surface area contributed by atoms with Crippen LogP contribution in [0.15, 0.2) is 12.1 Å². The fraction of sp³-hybridized carbons (Fsp3) is 0.625. The van der Waals surface area contributed by atoms with Gasteiger partial charge in [0.15, 0.2) is 0 Å². The van der Waals surface area contributed by atoms with Crippen molar-refractivity contribution in [3.05, 3.63) is 23.3 Å². The average molecular weight is 263 g/mol. The van der Waals surface area contributed by atoms with Gasteiger partial charge in [0.05, 0.1) is 14.2 Å². The first kappa shape index (κ1) is 14.2. The molecule has 106 valence electrons. The Bertz CT molecular complexity index is 417. The van der Waals surface area contributed by atoms with Gasteiger partial charge in [-0.25, -0.2) is 0 Å². The first-order chi connectivity index (χ1) is 9.31. The first-order valence-corrected chi connectivity index (χ1v) is 7.29. The number of nitrogens with one attached hydrogen (secondary N) is 1. The summed E-state index contributed by atoms with van der Waals surface area (Å²) in [6.45, 7) is 3.25. The maximum absolute atomic E-state index is 5.58. The predicted octanol–water partition coefficient (Wildman–Crippen LogP) is 3.47. The average Bonchev–Trinajstić information content (AvgIpc) is 2.66. The molecule has 0 aromatic heterocycles. The number of ether oxygens (including phenoxy) is 2. The van der Waals surface area contributed by atoms with Crippen molar-refractivity contribution < 1.29 is 9.47 Å². The summed E-state index contributed by atoms with van der Waals surface area (Å²) in [7, 11) is 3.51. The van der Waals surface area contributed by atoms with E-state index in [0.717, 1.165) is 30.9 Å². The zero-order valence-corrected chi connectivity index (χ0v) is 12.3. The lowest BCUT2D eigenvalue weighted by Crippen LogP contribution is -2.23. The minimum Gasteiger partial charge on any atom is -0.496 e. The monoisotopic (exact) mass is 263 g/mol. The molecule has 3 nitrogen and oxygen atoms in total. The molecular weight excluding hydrogens is 238 g/mol. The smallest absolute Gasteiger partial charge is 0.124 e. The third kappa shape index (κ3) is 3.03. The zero-order valence-electron chi connectivity index (χ0n) is 12.3. The topological polar surface area (TPSA) is 30.5 Å². The van der Waals surface area contributed by atoms with Crippen LogP contribution in [0.2, 0.25) is 0 Å². The Morgan fingerprint density at radius 1 is 1.16 bits per heavy atom. The quantitative estimate of drug-likeness (QED) is 0.825. The summed E-state index contributed by atoms with van der Waals surface area (Å²) in [6.07, 6.45) is 5.89. The molecule has 2 rings (SSSR count). The van der Waals surface area contributed by atoms with E-state index in [2.05, 4.69) is 12.2 Å². The van der Waals surface area contributed by atoms with Gasteiger partial charge in [-0.2, -0.15) is 0 Å². The van der Waals surface area contributed by atoms with E-state index in [4.69, 9.17) is 9.47 Å². The van der Waals surface area contributed by atoms with Gasteiger partial charge in [-0.15, -0.1) is 0 Å². The molecule has 19 heavy (non-hydrogen) atoms. The van der Waals surface area contributed by atoms with E-state index in [-0.39, 0.29) is 0 Å². The maximum atomic E-state index is 5.58. The fourth-order valence-corrected chi connectivity index (χ4v) is 2.95. The molecule has 1 unspecified atom stereocenters. The summed E-state index contributed by atoms with van der Waals surface area (Å²) in [5.74, 6) is 1.99. The number of benzene rings is 1. The van der Waals surface area contributed by atoms with Gasteiger partial charge in [0.25, 0.3) is 0 Å². The fourth-order valence-electron chi connectivity index (χ4n) is 2.95. The molecule has 0 fully saturated rings. The molecule has 0 aliphatic heterocycles. The highest BCUT2D eigenvalue weighted by molar-refractivity contribution is 5.51.